The van der Waals surface area contributed by atoms with E-state index in [4.69, 9.17) is 10.5 Å². The lowest BCUT2D eigenvalue weighted by Crippen LogP contribution is -2.37. The standard InChI is InChI=1S/C22H26N4O2/c1-16(28-2)18-9-6-10-19(11-18)25-22(27)21(23)12-20-14-26(15-24-20)13-17-7-4-3-5-8-17/h3-11,14-16,21H,12-13,23H2,1-2H3,(H,25,27)/t16?,21-/m0/s1. The van der Waals surface area contributed by atoms with Crippen LogP contribution in [0.15, 0.2) is 67.1 Å². The third-order valence-electron chi connectivity index (χ3n) is 4.64. The zero-order chi connectivity index (χ0) is 19.9. The second kappa shape index (κ2) is 9.30. The maximum absolute atomic E-state index is 12.5. The molecular formula is C22H26N4O2. The fraction of sp³-hybridized carbons (Fsp3) is 0.273. The first kappa shape index (κ1) is 19.8. The molecule has 28 heavy (non-hydrogen) atoms. The van der Waals surface area contributed by atoms with Crippen LogP contribution in [0.3, 0.4) is 0 Å². The van der Waals surface area contributed by atoms with Gasteiger partial charge in [0.1, 0.15) is 0 Å². The SMILES string of the molecule is COC(C)c1cccc(NC(=O)[C@@H](N)Cc2cn(Cc3ccccc3)cn2)c1. The number of nitrogens with one attached hydrogen (secondary N) is 1. The Morgan fingerprint density at radius 1 is 1.21 bits per heavy atom. The highest BCUT2D eigenvalue weighted by Gasteiger charge is 2.16. The Labute approximate surface area is 165 Å². The van der Waals surface area contributed by atoms with Gasteiger partial charge in [-0.3, -0.25) is 4.79 Å². The predicted octanol–water partition coefficient (Wildman–Crippen LogP) is 3.15. The molecule has 0 aliphatic carbocycles. The number of hydrogen-bond acceptors (Lipinski definition) is 4. The number of benzene rings is 2. The van der Waals surface area contributed by atoms with Gasteiger partial charge in [-0.2, -0.15) is 0 Å². The van der Waals surface area contributed by atoms with Crippen LogP contribution in [0.2, 0.25) is 0 Å². The number of rotatable bonds is 8. The number of imidazole rings is 1. The summed E-state index contributed by atoms with van der Waals surface area (Å²) in [6.07, 6.45) is 4.03. The summed E-state index contributed by atoms with van der Waals surface area (Å²) in [6, 6.07) is 17.1. The van der Waals surface area contributed by atoms with Crippen molar-refractivity contribution in [2.75, 3.05) is 12.4 Å². The quantitative estimate of drug-likeness (QED) is 0.631. The first-order chi connectivity index (χ1) is 13.5. The number of carbonyl (C=O) groups is 1. The Morgan fingerprint density at radius 3 is 2.75 bits per heavy atom. The number of methoxy groups -OCH3 is 1. The van der Waals surface area contributed by atoms with Crippen LogP contribution >= 0.6 is 0 Å². The molecule has 0 fully saturated rings. The van der Waals surface area contributed by atoms with Crippen LogP contribution < -0.4 is 11.1 Å². The number of carbonyl (C=O) groups excluding carboxylic acids is 1. The van der Waals surface area contributed by atoms with Gasteiger partial charge in [-0.1, -0.05) is 42.5 Å². The van der Waals surface area contributed by atoms with Crippen LogP contribution in [0.5, 0.6) is 0 Å². The third-order valence-corrected chi connectivity index (χ3v) is 4.64. The van der Waals surface area contributed by atoms with Gasteiger partial charge in [0, 0.05) is 32.0 Å². The molecule has 0 saturated heterocycles. The van der Waals surface area contributed by atoms with Gasteiger partial charge in [0.25, 0.3) is 0 Å². The summed E-state index contributed by atoms with van der Waals surface area (Å²) in [6.45, 7) is 2.69. The van der Waals surface area contributed by atoms with Gasteiger partial charge in [0.15, 0.2) is 0 Å². The van der Waals surface area contributed by atoms with Gasteiger partial charge in [-0.15, -0.1) is 0 Å². The summed E-state index contributed by atoms with van der Waals surface area (Å²) < 4.78 is 7.31. The molecule has 0 bridgehead atoms. The molecular weight excluding hydrogens is 352 g/mol. The minimum absolute atomic E-state index is 0.0425. The van der Waals surface area contributed by atoms with Crippen molar-refractivity contribution in [3.63, 3.8) is 0 Å². The highest BCUT2D eigenvalue weighted by Crippen LogP contribution is 2.19. The smallest absolute Gasteiger partial charge is 0.241 e. The number of amides is 1. The summed E-state index contributed by atoms with van der Waals surface area (Å²) >= 11 is 0. The van der Waals surface area contributed by atoms with Crippen molar-refractivity contribution in [2.45, 2.75) is 32.0 Å². The Bertz CT molecular complexity index is 908. The van der Waals surface area contributed by atoms with E-state index in [0.29, 0.717) is 12.1 Å². The van der Waals surface area contributed by atoms with Gasteiger partial charge in [0.05, 0.1) is 24.2 Å². The van der Waals surface area contributed by atoms with E-state index in [1.54, 1.807) is 13.4 Å². The molecule has 3 rings (SSSR count). The number of anilines is 1. The molecule has 1 amide bonds. The van der Waals surface area contributed by atoms with Gasteiger partial charge in [-0.05, 0) is 30.2 Å². The molecule has 3 N–H and O–H groups in total. The summed E-state index contributed by atoms with van der Waals surface area (Å²) in [4.78, 5) is 16.8. The van der Waals surface area contributed by atoms with Crippen molar-refractivity contribution in [3.8, 4) is 0 Å². The van der Waals surface area contributed by atoms with E-state index in [1.807, 2.05) is 60.2 Å². The zero-order valence-electron chi connectivity index (χ0n) is 16.2. The average molecular weight is 378 g/mol. The van der Waals surface area contributed by atoms with E-state index in [0.717, 1.165) is 17.8 Å². The van der Waals surface area contributed by atoms with Crippen LogP contribution in [0.4, 0.5) is 5.69 Å². The van der Waals surface area contributed by atoms with Crippen LogP contribution in [-0.2, 0) is 22.5 Å². The number of nitrogens with zero attached hydrogens (tertiary/aromatic N) is 2. The van der Waals surface area contributed by atoms with Crippen molar-refractivity contribution in [2.24, 2.45) is 5.73 Å². The highest BCUT2D eigenvalue weighted by molar-refractivity contribution is 5.94. The van der Waals surface area contributed by atoms with Crippen molar-refractivity contribution in [1.82, 2.24) is 9.55 Å². The first-order valence-corrected chi connectivity index (χ1v) is 9.29. The average Bonchev–Trinajstić information content (AvgIpc) is 3.15. The number of nitrogens with two attached hydrogens (primary N) is 1. The molecule has 0 radical (unpaired) electrons. The van der Waals surface area contributed by atoms with Crippen molar-refractivity contribution in [1.29, 1.82) is 0 Å². The van der Waals surface area contributed by atoms with E-state index < -0.39 is 6.04 Å². The number of hydrogen-bond donors (Lipinski definition) is 2. The Balaban J connectivity index is 1.57. The Kier molecular flexibility index (Phi) is 6.57. The molecule has 1 aromatic heterocycles. The van der Waals surface area contributed by atoms with Gasteiger partial charge >= 0.3 is 0 Å². The van der Waals surface area contributed by atoms with Crippen LogP contribution in [0.25, 0.3) is 0 Å². The second-order valence-electron chi connectivity index (χ2n) is 6.83. The third kappa shape index (κ3) is 5.28. The predicted molar refractivity (Wildman–Crippen MR) is 110 cm³/mol. The van der Waals surface area contributed by atoms with Crippen LogP contribution in [0, 0.1) is 0 Å². The van der Waals surface area contributed by atoms with Crippen molar-refractivity contribution in [3.05, 3.63) is 83.9 Å². The number of ether oxygens (including phenoxy) is 1. The molecule has 146 valence electrons. The van der Waals surface area contributed by atoms with E-state index in [2.05, 4.69) is 22.4 Å². The molecule has 6 heteroatoms. The molecule has 3 aromatic rings. The minimum atomic E-state index is -0.677. The largest absolute Gasteiger partial charge is 0.377 e. The van der Waals surface area contributed by atoms with Gasteiger partial charge in [0.2, 0.25) is 5.91 Å². The maximum atomic E-state index is 12.5. The summed E-state index contributed by atoms with van der Waals surface area (Å²) in [5.41, 5.74) is 9.78. The number of aromatic nitrogens is 2. The summed E-state index contributed by atoms with van der Waals surface area (Å²) in [7, 11) is 1.66. The van der Waals surface area contributed by atoms with Crippen molar-refractivity contribution >= 4 is 11.6 Å². The fourth-order valence-corrected chi connectivity index (χ4v) is 2.95. The van der Waals surface area contributed by atoms with Gasteiger partial charge < -0.3 is 20.4 Å². The molecule has 6 nitrogen and oxygen atoms in total. The fourth-order valence-electron chi connectivity index (χ4n) is 2.95. The van der Waals surface area contributed by atoms with Crippen LogP contribution in [0.1, 0.15) is 29.8 Å². The maximum Gasteiger partial charge on any atom is 0.241 e. The molecule has 1 heterocycles. The topological polar surface area (TPSA) is 82.2 Å². The lowest BCUT2D eigenvalue weighted by atomic mass is 10.1. The second-order valence-corrected chi connectivity index (χ2v) is 6.83. The highest BCUT2D eigenvalue weighted by atomic mass is 16.5. The molecule has 1 unspecified atom stereocenters. The van der Waals surface area contributed by atoms with E-state index in [9.17, 15) is 4.79 Å². The first-order valence-electron chi connectivity index (χ1n) is 9.29. The molecule has 2 atom stereocenters. The molecule has 0 aliphatic rings. The molecule has 0 spiro atoms. The molecule has 0 aliphatic heterocycles. The Hall–Kier alpha value is -2.96. The summed E-state index contributed by atoms with van der Waals surface area (Å²) in [5, 5.41) is 2.87. The minimum Gasteiger partial charge on any atom is -0.377 e. The van der Waals surface area contributed by atoms with E-state index >= 15 is 0 Å². The molecule has 2 aromatic carbocycles. The normalized spacial score (nSPS) is 13.1. The van der Waals surface area contributed by atoms with Crippen LogP contribution in [-0.4, -0.2) is 28.6 Å². The van der Waals surface area contributed by atoms with E-state index in [-0.39, 0.29) is 12.0 Å². The zero-order valence-corrected chi connectivity index (χ0v) is 16.2. The van der Waals surface area contributed by atoms with Gasteiger partial charge in [-0.25, -0.2) is 4.98 Å². The lowest BCUT2D eigenvalue weighted by Gasteiger charge is -2.14. The monoisotopic (exact) mass is 378 g/mol. The van der Waals surface area contributed by atoms with E-state index in [1.165, 1.54) is 5.56 Å². The Morgan fingerprint density at radius 2 is 2.00 bits per heavy atom. The lowest BCUT2D eigenvalue weighted by molar-refractivity contribution is -0.117. The van der Waals surface area contributed by atoms with Crippen molar-refractivity contribution < 1.29 is 9.53 Å². The summed E-state index contributed by atoms with van der Waals surface area (Å²) in [5.74, 6) is -0.236. The molecule has 0 saturated carbocycles.